The molecule has 13 heavy (non-hydrogen) atoms. The SMILES string of the molecule is CCc1cc(C(C)=O)c(C)cc1O. The Bertz CT molecular complexity index is 340. The van der Waals surface area contributed by atoms with E-state index in [0.717, 1.165) is 17.5 Å². The van der Waals surface area contributed by atoms with Crippen molar-refractivity contribution in [1.29, 1.82) is 0 Å². The number of aryl methyl sites for hydroxylation is 2. The Balaban J connectivity index is 3.30. The van der Waals surface area contributed by atoms with Crippen molar-refractivity contribution in [2.45, 2.75) is 27.2 Å². The third kappa shape index (κ3) is 1.89. The van der Waals surface area contributed by atoms with E-state index in [2.05, 4.69) is 0 Å². The second kappa shape index (κ2) is 3.60. The molecule has 2 nitrogen and oxygen atoms in total. The van der Waals surface area contributed by atoms with Crippen molar-refractivity contribution in [3.05, 3.63) is 28.8 Å². The van der Waals surface area contributed by atoms with Gasteiger partial charge in [-0.3, -0.25) is 4.79 Å². The minimum Gasteiger partial charge on any atom is -0.508 e. The lowest BCUT2D eigenvalue weighted by molar-refractivity contribution is 0.101. The molecule has 0 amide bonds. The molecule has 0 aromatic heterocycles. The van der Waals surface area contributed by atoms with Crippen molar-refractivity contribution in [3.8, 4) is 5.75 Å². The number of phenolic OH excluding ortho intramolecular Hbond substituents is 1. The van der Waals surface area contributed by atoms with Crippen LogP contribution in [0.1, 0.15) is 35.3 Å². The van der Waals surface area contributed by atoms with Gasteiger partial charge in [0.25, 0.3) is 0 Å². The van der Waals surface area contributed by atoms with Gasteiger partial charge in [0.05, 0.1) is 0 Å². The first-order chi connectivity index (χ1) is 6.06. The number of hydrogen-bond acceptors (Lipinski definition) is 2. The van der Waals surface area contributed by atoms with Crippen molar-refractivity contribution in [1.82, 2.24) is 0 Å². The molecule has 1 rings (SSSR count). The lowest BCUT2D eigenvalue weighted by atomic mass is 10.00. The fraction of sp³-hybridized carbons (Fsp3) is 0.364. The van der Waals surface area contributed by atoms with Crippen LogP contribution in [0.15, 0.2) is 12.1 Å². The van der Waals surface area contributed by atoms with E-state index in [0.29, 0.717) is 5.56 Å². The third-order valence-corrected chi connectivity index (χ3v) is 2.19. The molecular formula is C11H14O2. The monoisotopic (exact) mass is 178 g/mol. The van der Waals surface area contributed by atoms with E-state index in [9.17, 15) is 9.90 Å². The van der Waals surface area contributed by atoms with Crippen LogP contribution in [0.3, 0.4) is 0 Å². The number of carbonyl (C=O) groups is 1. The van der Waals surface area contributed by atoms with Gasteiger partial charge >= 0.3 is 0 Å². The molecule has 1 aromatic carbocycles. The average Bonchev–Trinajstić information content (AvgIpc) is 2.03. The smallest absolute Gasteiger partial charge is 0.160 e. The fourth-order valence-electron chi connectivity index (χ4n) is 1.40. The second-order valence-electron chi connectivity index (χ2n) is 3.21. The number of rotatable bonds is 2. The maximum atomic E-state index is 11.2. The molecule has 0 spiro atoms. The summed E-state index contributed by atoms with van der Waals surface area (Å²) in [5, 5.41) is 9.49. The lowest BCUT2D eigenvalue weighted by Crippen LogP contribution is -1.97. The van der Waals surface area contributed by atoms with Gasteiger partial charge in [0.2, 0.25) is 0 Å². The first-order valence-corrected chi connectivity index (χ1v) is 4.39. The van der Waals surface area contributed by atoms with Crippen molar-refractivity contribution in [2.24, 2.45) is 0 Å². The molecule has 0 aliphatic rings. The maximum absolute atomic E-state index is 11.2. The molecule has 0 heterocycles. The molecule has 0 radical (unpaired) electrons. The van der Waals surface area contributed by atoms with E-state index in [4.69, 9.17) is 0 Å². The minimum absolute atomic E-state index is 0.0483. The third-order valence-electron chi connectivity index (χ3n) is 2.19. The van der Waals surface area contributed by atoms with Gasteiger partial charge in [-0.1, -0.05) is 6.92 Å². The van der Waals surface area contributed by atoms with Gasteiger partial charge in [-0.25, -0.2) is 0 Å². The Hall–Kier alpha value is -1.31. The van der Waals surface area contributed by atoms with E-state index < -0.39 is 0 Å². The van der Waals surface area contributed by atoms with Gasteiger partial charge in [-0.05, 0) is 43.5 Å². The Morgan fingerprint density at radius 1 is 1.46 bits per heavy atom. The highest BCUT2D eigenvalue weighted by atomic mass is 16.3. The van der Waals surface area contributed by atoms with E-state index in [1.807, 2.05) is 13.8 Å². The molecule has 1 N–H and O–H groups in total. The van der Waals surface area contributed by atoms with E-state index in [1.165, 1.54) is 0 Å². The average molecular weight is 178 g/mol. The summed E-state index contributed by atoms with van der Waals surface area (Å²) in [6, 6.07) is 3.42. The Labute approximate surface area is 78.2 Å². The predicted octanol–water partition coefficient (Wildman–Crippen LogP) is 2.47. The van der Waals surface area contributed by atoms with Crippen LogP contribution in [-0.4, -0.2) is 10.9 Å². The minimum atomic E-state index is 0.0483. The summed E-state index contributed by atoms with van der Waals surface area (Å²) in [5.41, 5.74) is 2.37. The summed E-state index contributed by atoms with van der Waals surface area (Å²) in [5.74, 6) is 0.331. The van der Waals surface area contributed by atoms with Crippen molar-refractivity contribution < 1.29 is 9.90 Å². The van der Waals surface area contributed by atoms with Gasteiger partial charge < -0.3 is 5.11 Å². The molecule has 0 bridgehead atoms. The van der Waals surface area contributed by atoms with Crippen molar-refractivity contribution in [2.75, 3.05) is 0 Å². The Morgan fingerprint density at radius 3 is 2.54 bits per heavy atom. The number of aromatic hydroxyl groups is 1. The van der Waals surface area contributed by atoms with Gasteiger partial charge in [-0.15, -0.1) is 0 Å². The van der Waals surface area contributed by atoms with Crippen molar-refractivity contribution >= 4 is 5.78 Å². The number of hydrogen-bond donors (Lipinski definition) is 1. The number of carbonyl (C=O) groups excluding carboxylic acids is 1. The number of Topliss-reactive ketones (excluding diaryl/α,β-unsaturated/α-hetero) is 1. The quantitative estimate of drug-likeness (QED) is 0.706. The van der Waals surface area contributed by atoms with E-state index >= 15 is 0 Å². The summed E-state index contributed by atoms with van der Waals surface area (Å²) in [7, 11) is 0. The maximum Gasteiger partial charge on any atom is 0.160 e. The normalized spacial score (nSPS) is 10.1. The standard InChI is InChI=1S/C11H14O2/c1-4-9-6-10(8(3)12)7(2)5-11(9)13/h5-6,13H,4H2,1-3H3. The Morgan fingerprint density at radius 2 is 2.08 bits per heavy atom. The molecular weight excluding hydrogens is 164 g/mol. The van der Waals surface area contributed by atoms with E-state index in [1.54, 1.807) is 19.1 Å². The second-order valence-corrected chi connectivity index (χ2v) is 3.21. The van der Waals surface area contributed by atoms with Gasteiger partial charge in [0.1, 0.15) is 5.75 Å². The van der Waals surface area contributed by atoms with Crippen LogP contribution < -0.4 is 0 Å². The van der Waals surface area contributed by atoms with Gasteiger partial charge in [0, 0.05) is 5.56 Å². The topological polar surface area (TPSA) is 37.3 Å². The Kier molecular flexibility index (Phi) is 2.71. The molecule has 0 saturated carbocycles. The number of benzene rings is 1. The largest absolute Gasteiger partial charge is 0.508 e. The van der Waals surface area contributed by atoms with Crippen molar-refractivity contribution in [3.63, 3.8) is 0 Å². The van der Waals surface area contributed by atoms with Crippen LogP contribution in [0.2, 0.25) is 0 Å². The van der Waals surface area contributed by atoms with Crippen LogP contribution in [0.25, 0.3) is 0 Å². The summed E-state index contributed by atoms with van der Waals surface area (Å²) in [6.07, 6.45) is 0.742. The summed E-state index contributed by atoms with van der Waals surface area (Å²) < 4.78 is 0. The first kappa shape index (κ1) is 9.78. The number of phenols is 1. The summed E-state index contributed by atoms with van der Waals surface area (Å²) in [4.78, 5) is 11.2. The van der Waals surface area contributed by atoms with Crippen LogP contribution in [0.5, 0.6) is 5.75 Å². The molecule has 0 atom stereocenters. The summed E-state index contributed by atoms with van der Waals surface area (Å²) in [6.45, 7) is 5.32. The fourth-order valence-corrected chi connectivity index (χ4v) is 1.40. The zero-order valence-electron chi connectivity index (χ0n) is 8.22. The van der Waals surface area contributed by atoms with Crippen LogP contribution in [0.4, 0.5) is 0 Å². The van der Waals surface area contributed by atoms with Gasteiger partial charge in [-0.2, -0.15) is 0 Å². The van der Waals surface area contributed by atoms with Crippen LogP contribution in [-0.2, 0) is 6.42 Å². The lowest BCUT2D eigenvalue weighted by Gasteiger charge is -2.07. The molecule has 70 valence electrons. The molecule has 0 aliphatic heterocycles. The molecule has 2 heteroatoms. The molecule has 0 unspecified atom stereocenters. The zero-order valence-corrected chi connectivity index (χ0v) is 8.22. The molecule has 1 aromatic rings. The molecule has 0 fully saturated rings. The highest BCUT2D eigenvalue weighted by Crippen LogP contribution is 2.22. The first-order valence-electron chi connectivity index (χ1n) is 4.39. The molecule has 0 aliphatic carbocycles. The zero-order chi connectivity index (χ0) is 10.0. The number of ketones is 1. The van der Waals surface area contributed by atoms with Gasteiger partial charge in [0.15, 0.2) is 5.78 Å². The van der Waals surface area contributed by atoms with E-state index in [-0.39, 0.29) is 11.5 Å². The predicted molar refractivity (Wildman–Crippen MR) is 52.2 cm³/mol. The highest BCUT2D eigenvalue weighted by molar-refractivity contribution is 5.95. The van der Waals surface area contributed by atoms with Crippen LogP contribution in [0, 0.1) is 6.92 Å². The molecule has 0 saturated heterocycles. The highest BCUT2D eigenvalue weighted by Gasteiger charge is 2.08. The van der Waals surface area contributed by atoms with Crippen LogP contribution >= 0.6 is 0 Å². The summed E-state index contributed by atoms with van der Waals surface area (Å²) >= 11 is 0.